The second-order valence-corrected chi connectivity index (χ2v) is 10.1. The number of benzene rings is 3. The molecule has 1 amide bonds. The summed E-state index contributed by atoms with van der Waals surface area (Å²) >= 11 is 2.24. The standard InChI is InChI=1S/C29H25IN2O4/c1-17-15-25(18(2)32(17)20-13-11-19(30)12-14-20)27(28(33)34)31-29(35)36-16-26-23-9-5-3-7-21(23)22-8-4-6-10-24(22)26/h3-15,26-27H,16H2,1-2H3,(H,31,35)(H,33,34). The van der Waals surface area contributed by atoms with Gasteiger partial charge >= 0.3 is 12.1 Å². The average Bonchev–Trinajstić information content (AvgIpc) is 3.35. The molecule has 0 spiro atoms. The lowest BCUT2D eigenvalue weighted by atomic mass is 9.98. The number of amides is 1. The maximum absolute atomic E-state index is 12.8. The van der Waals surface area contributed by atoms with E-state index in [1.807, 2.05) is 79.1 Å². The minimum Gasteiger partial charge on any atom is -0.479 e. The Kier molecular flexibility index (Phi) is 6.57. The number of hydrogen-bond donors (Lipinski definition) is 2. The van der Waals surface area contributed by atoms with Crippen LogP contribution in [0, 0.1) is 17.4 Å². The summed E-state index contributed by atoms with van der Waals surface area (Å²) in [5.41, 5.74) is 7.55. The molecule has 1 unspecified atom stereocenters. The Morgan fingerprint density at radius 3 is 2.14 bits per heavy atom. The van der Waals surface area contributed by atoms with E-state index in [0.717, 1.165) is 42.9 Å². The van der Waals surface area contributed by atoms with Crippen molar-refractivity contribution in [1.82, 2.24) is 9.88 Å². The third-order valence-electron chi connectivity index (χ3n) is 6.72. The van der Waals surface area contributed by atoms with Crippen molar-refractivity contribution in [2.45, 2.75) is 25.8 Å². The molecule has 2 N–H and O–H groups in total. The molecule has 3 aromatic carbocycles. The van der Waals surface area contributed by atoms with Crippen LogP contribution in [0.4, 0.5) is 4.79 Å². The third kappa shape index (κ3) is 4.39. The number of hydrogen-bond acceptors (Lipinski definition) is 3. The van der Waals surface area contributed by atoms with E-state index in [4.69, 9.17) is 4.74 Å². The van der Waals surface area contributed by atoms with Crippen LogP contribution in [0.5, 0.6) is 0 Å². The molecule has 6 nitrogen and oxygen atoms in total. The minimum atomic E-state index is -1.23. The first-order chi connectivity index (χ1) is 17.3. The summed E-state index contributed by atoms with van der Waals surface area (Å²) in [5.74, 6) is -1.25. The Morgan fingerprint density at radius 1 is 0.972 bits per heavy atom. The Morgan fingerprint density at radius 2 is 1.56 bits per heavy atom. The Balaban J connectivity index is 1.35. The maximum atomic E-state index is 12.8. The number of aliphatic carboxylic acids is 1. The summed E-state index contributed by atoms with van der Waals surface area (Å²) in [5, 5.41) is 12.5. The van der Waals surface area contributed by atoms with Gasteiger partial charge in [0.1, 0.15) is 6.61 Å². The van der Waals surface area contributed by atoms with E-state index >= 15 is 0 Å². The van der Waals surface area contributed by atoms with Gasteiger partial charge < -0.3 is 19.7 Å². The molecule has 0 aliphatic heterocycles. The molecule has 0 saturated carbocycles. The van der Waals surface area contributed by atoms with Gasteiger partial charge in [-0.25, -0.2) is 9.59 Å². The molecule has 1 heterocycles. The second-order valence-electron chi connectivity index (χ2n) is 8.88. The van der Waals surface area contributed by atoms with Crippen molar-refractivity contribution in [2.24, 2.45) is 0 Å². The maximum Gasteiger partial charge on any atom is 0.408 e. The zero-order chi connectivity index (χ0) is 25.4. The molecule has 0 saturated heterocycles. The summed E-state index contributed by atoms with van der Waals surface area (Å²) in [7, 11) is 0. The van der Waals surface area contributed by atoms with E-state index < -0.39 is 18.1 Å². The van der Waals surface area contributed by atoms with Gasteiger partial charge in [-0.2, -0.15) is 0 Å². The summed E-state index contributed by atoms with van der Waals surface area (Å²) in [6.07, 6.45) is -0.761. The molecule has 0 radical (unpaired) electrons. The number of nitrogens with zero attached hydrogens (tertiary/aromatic N) is 1. The SMILES string of the molecule is Cc1cc(C(NC(=O)OCC2c3ccccc3-c3ccccc32)C(=O)O)c(C)n1-c1ccc(I)cc1. The van der Waals surface area contributed by atoms with Gasteiger partial charge in [-0.1, -0.05) is 48.5 Å². The van der Waals surface area contributed by atoms with Crippen LogP contribution >= 0.6 is 22.6 Å². The number of nitrogens with one attached hydrogen (secondary N) is 1. The lowest BCUT2D eigenvalue weighted by Gasteiger charge is -2.18. The number of aromatic nitrogens is 1. The first kappa shape index (κ1) is 24.1. The van der Waals surface area contributed by atoms with E-state index in [0.29, 0.717) is 5.56 Å². The molecule has 0 bridgehead atoms. The number of fused-ring (bicyclic) bond motifs is 3. The highest BCUT2D eigenvalue weighted by Crippen LogP contribution is 2.44. The molecule has 4 aromatic rings. The number of carbonyl (C=O) groups excluding carboxylic acids is 1. The monoisotopic (exact) mass is 592 g/mol. The van der Waals surface area contributed by atoms with E-state index in [1.165, 1.54) is 0 Å². The smallest absolute Gasteiger partial charge is 0.408 e. The molecule has 36 heavy (non-hydrogen) atoms. The van der Waals surface area contributed by atoms with E-state index in [9.17, 15) is 14.7 Å². The Bertz CT molecular complexity index is 1410. The van der Waals surface area contributed by atoms with Gasteiger partial charge in [-0.3, -0.25) is 0 Å². The van der Waals surface area contributed by atoms with Crippen molar-refractivity contribution in [3.8, 4) is 16.8 Å². The summed E-state index contributed by atoms with van der Waals surface area (Å²) in [6.45, 7) is 3.89. The highest BCUT2D eigenvalue weighted by atomic mass is 127. The van der Waals surface area contributed by atoms with Crippen molar-refractivity contribution in [2.75, 3.05) is 6.61 Å². The van der Waals surface area contributed by atoms with E-state index in [1.54, 1.807) is 6.07 Å². The van der Waals surface area contributed by atoms with Crippen LogP contribution in [0.15, 0.2) is 78.9 Å². The third-order valence-corrected chi connectivity index (χ3v) is 7.44. The van der Waals surface area contributed by atoms with Crippen molar-refractivity contribution >= 4 is 34.7 Å². The number of aryl methyl sites for hydroxylation is 1. The van der Waals surface area contributed by atoms with Gasteiger partial charge in [-0.05, 0) is 89.0 Å². The van der Waals surface area contributed by atoms with Crippen molar-refractivity contribution in [3.63, 3.8) is 0 Å². The Labute approximate surface area is 223 Å². The van der Waals surface area contributed by atoms with Gasteiger partial charge in [0, 0.05) is 32.1 Å². The molecular formula is C29H25IN2O4. The number of halogens is 1. The quantitative estimate of drug-likeness (QED) is 0.256. The number of ether oxygens (including phenoxy) is 1. The first-order valence-corrected chi connectivity index (χ1v) is 12.7. The summed E-state index contributed by atoms with van der Waals surface area (Å²) in [4.78, 5) is 25.0. The van der Waals surface area contributed by atoms with Crippen LogP contribution in [0.2, 0.25) is 0 Å². The van der Waals surface area contributed by atoms with Crippen LogP contribution in [0.1, 0.15) is 40.0 Å². The van der Waals surface area contributed by atoms with Crippen LogP contribution in [0.25, 0.3) is 16.8 Å². The predicted molar refractivity (Wildman–Crippen MR) is 147 cm³/mol. The first-order valence-electron chi connectivity index (χ1n) is 11.6. The molecule has 1 aromatic heterocycles. The van der Waals surface area contributed by atoms with E-state index in [2.05, 4.69) is 40.0 Å². The fourth-order valence-electron chi connectivity index (χ4n) is 5.10. The lowest BCUT2D eigenvalue weighted by molar-refractivity contribution is -0.139. The van der Waals surface area contributed by atoms with Crippen LogP contribution in [-0.4, -0.2) is 28.3 Å². The minimum absolute atomic E-state index is 0.0997. The number of carboxylic acids is 1. The zero-order valence-corrected chi connectivity index (χ0v) is 22.0. The highest BCUT2D eigenvalue weighted by Gasteiger charge is 2.31. The Hall–Kier alpha value is -3.59. The van der Waals surface area contributed by atoms with Gasteiger partial charge in [0.25, 0.3) is 0 Å². The lowest BCUT2D eigenvalue weighted by Crippen LogP contribution is -2.35. The highest BCUT2D eigenvalue weighted by molar-refractivity contribution is 14.1. The van der Waals surface area contributed by atoms with Gasteiger partial charge in [0.05, 0.1) is 0 Å². The average molecular weight is 592 g/mol. The zero-order valence-electron chi connectivity index (χ0n) is 19.9. The summed E-state index contributed by atoms with van der Waals surface area (Å²) < 4.78 is 8.69. The van der Waals surface area contributed by atoms with Crippen molar-refractivity contribution in [1.29, 1.82) is 0 Å². The largest absolute Gasteiger partial charge is 0.479 e. The van der Waals surface area contributed by atoms with Crippen molar-refractivity contribution < 1.29 is 19.4 Å². The topological polar surface area (TPSA) is 80.6 Å². The van der Waals surface area contributed by atoms with Crippen LogP contribution in [-0.2, 0) is 9.53 Å². The van der Waals surface area contributed by atoms with Crippen LogP contribution < -0.4 is 5.32 Å². The molecule has 182 valence electrons. The van der Waals surface area contributed by atoms with E-state index in [-0.39, 0.29) is 12.5 Å². The molecule has 7 heteroatoms. The molecule has 1 atom stereocenters. The molecule has 0 fully saturated rings. The summed E-state index contributed by atoms with van der Waals surface area (Å²) in [6, 6.07) is 24.7. The number of carbonyl (C=O) groups is 2. The van der Waals surface area contributed by atoms with Crippen LogP contribution in [0.3, 0.4) is 0 Å². The molecular weight excluding hydrogens is 567 g/mol. The van der Waals surface area contributed by atoms with Gasteiger partial charge in [-0.15, -0.1) is 0 Å². The number of carboxylic acid groups (broad SMARTS) is 1. The normalized spacial score (nSPS) is 13.1. The van der Waals surface area contributed by atoms with Gasteiger partial charge in [0.2, 0.25) is 0 Å². The number of rotatable bonds is 6. The predicted octanol–water partition coefficient (Wildman–Crippen LogP) is 6.36. The molecule has 1 aliphatic carbocycles. The number of alkyl carbamates (subject to hydrolysis) is 1. The second kappa shape index (κ2) is 9.81. The fraction of sp³-hybridized carbons (Fsp3) is 0.172. The van der Waals surface area contributed by atoms with Crippen molar-refractivity contribution in [3.05, 3.63) is 111 Å². The molecule has 5 rings (SSSR count). The fourth-order valence-corrected chi connectivity index (χ4v) is 5.46. The van der Waals surface area contributed by atoms with Gasteiger partial charge in [0.15, 0.2) is 6.04 Å². The molecule has 1 aliphatic rings.